The van der Waals surface area contributed by atoms with Gasteiger partial charge in [0.15, 0.2) is 0 Å². The van der Waals surface area contributed by atoms with E-state index in [1.807, 2.05) is 12.1 Å². The summed E-state index contributed by atoms with van der Waals surface area (Å²) in [5.41, 5.74) is 6.50. The summed E-state index contributed by atoms with van der Waals surface area (Å²) < 4.78 is 1.56. The highest BCUT2D eigenvalue weighted by Crippen LogP contribution is 2.28. The molecule has 0 amide bonds. The number of hydrogen-bond acceptors (Lipinski definition) is 6. The lowest BCUT2D eigenvalue weighted by atomic mass is 9.96. The van der Waals surface area contributed by atoms with Crippen molar-refractivity contribution >= 4 is 5.82 Å². The van der Waals surface area contributed by atoms with Gasteiger partial charge in [-0.25, -0.2) is 4.68 Å². The average Bonchev–Trinajstić information content (AvgIpc) is 3.09. The molecule has 0 aliphatic carbocycles. The fourth-order valence-corrected chi connectivity index (χ4v) is 2.26. The molecule has 0 atom stereocenters. The topological polar surface area (TPSA) is 137 Å². The second kappa shape index (κ2) is 5.47. The average molecular weight is 303 g/mol. The van der Waals surface area contributed by atoms with Gasteiger partial charge >= 0.3 is 0 Å². The molecule has 8 nitrogen and oxygen atoms in total. The standard InChI is InChI=1S/C15H9N7O/c16-7-11-13(12(8-17)15(23)20-14(11)18)9-1-3-10(4-2-9)22-6-5-19-21-22/h1-6H,(H3,18,20,23). The molecule has 0 saturated heterocycles. The number of nitriles is 2. The number of nitrogen functional groups attached to an aromatic ring is 1. The number of aromatic amines is 1. The first kappa shape index (κ1) is 14.0. The number of anilines is 1. The summed E-state index contributed by atoms with van der Waals surface area (Å²) >= 11 is 0. The van der Waals surface area contributed by atoms with Crippen LogP contribution in [0.4, 0.5) is 5.82 Å². The molecule has 23 heavy (non-hydrogen) atoms. The van der Waals surface area contributed by atoms with Crippen molar-refractivity contribution in [1.82, 2.24) is 20.0 Å². The van der Waals surface area contributed by atoms with E-state index >= 15 is 0 Å². The Hall–Kier alpha value is -3.91. The molecule has 0 radical (unpaired) electrons. The van der Waals surface area contributed by atoms with E-state index in [9.17, 15) is 15.3 Å². The van der Waals surface area contributed by atoms with Gasteiger partial charge in [-0.3, -0.25) is 4.79 Å². The van der Waals surface area contributed by atoms with Crippen LogP contribution in [-0.4, -0.2) is 20.0 Å². The lowest BCUT2D eigenvalue weighted by Crippen LogP contribution is -2.16. The highest BCUT2D eigenvalue weighted by molar-refractivity contribution is 5.80. The van der Waals surface area contributed by atoms with E-state index in [-0.39, 0.29) is 22.5 Å². The van der Waals surface area contributed by atoms with Crippen LogP contribution in [0.3, 0.4) is 0 Å². The molecule has 110 valence electrons. The van der Waals surface area contributed by atoms with Crippen molar-refractivity contribution in [2.75, 3.05) is 5.73 Å². The summed E-state index contributed by atoms with van der Waals surface area (Å²) in [6.07, 6.45) is 3.23. The van der Waals surface area contributed by atoms with Crippen LogP contribution >= 0.6 is 0 Å². The zero-order valence-electron chi connectivity index (χ0n) is 11.7. The number of aromatic nitrogens is 4. The molecule has 8 heteroatoms. The highest BCUT2D eigenvalue weighted by atomic mass is 16.1. The van der Waals surface area contributed by atoms with Crippen LogP contribution < -0.4 is 11.3 Å². The Balaban J connectivity index is 2.21. The van der Waals surface area contributed by atoms with Crippen molar-refractivity contribution in [3.8, 4) is 29.0 Å². The zero-order chi connectivity index (χ0) is 16.4. The Bertz CT molecular complexity index is 1000. The van der Waals surface area contributed by atoms with Gasteiger partial charge in [0.05, 0.1) is 18.1 Å². The summed E-state index contributed by atoms with van der Waals surface area (Å²) in [6.45, 7) is 0. The molecule has 0 unspecified atom stereocenters. The monoisotopic (exact) mass is 303 g/mol. The lowest BCUT2D eigenvalue weighted by molar-refractivity contribution is 0.803. The van der Waals surface area contributed by atoms with Gasteiger partial charge in [-0.2, -0.15) is 10.5 Å². The van der Waals surface area contributed by atoms with Gasteiger partial charge in [0.25, 0.3) is 5.56 Å². The van der Waals surface area contributed by atoms with E-state index in [0.29, 0.717) is 5.56 Å². The van der Waals surface area contributed by atoms with E-state index in [1.165, 1.54) is 0 Å². The van der Waals surface area contributed by atoms with E-state index in [2.05, 4.69) is 15.3 Å². The number of nitrogens with zero attached hydrogens (tertiary/aromatic N) is 5. The van der Waals surface area contributed by atoms with Crippen LogP contribution in [0.5, 0.6) is 0 Å². The maximum atomic E-state index is 11.9. The van der Waals surface area contributed by atoms with Crippen LogP contribution in [0.15, 0.2) is 41.5 Å². The highest BCUT2D eigenvalue weighted by Gasteiger charge is 2.18. The molecule has 3 N–H and O–H groups in total. The van der Waals surface area contributed by atoms with Crippen LogP contribution in [0, 0.1) is 22.7 Å². The minimum Gasteiger partial charge on any atom is -0.384 e. The number of nitrogens with two attached hydrogens (primary N) is 1. The normalized spacial score (nSPS) is 10.0. The minimum absolute atomic E-state index is 0.0631. The fourth-order valence-electron chi connectivity index (χ4n) is 2.26. The number of hydrogen-bond donors (Lipinski definition) is 2. The van der Waals surface area contributed by atoms with Gasteiger partial charge in [0, 0.05) is 5.56 Å². The number of nitrogens with one attached hydrogen (secondary N) is 1. The second-order valence-corrected chi connectivity index (χ2v) is 4.61. The third kappa shape index (κ3) is 2.30. The van der Waals surface area contributed by atoms with Gasteiger partial charge < -0.3 is 10.7 Å². The van der Waals surface area contributed by atoms with Crippen molar-refractivity contribution in [3.63, 3.8) is 0 Å². The fraction of sp³-hybridized carbons (Fsp3) is 0. The maximum absolute atomic E-state index is 11.9. The first-order chi connectivity index (χ1) is 11.2. The van der Waals surface area contributed by atoms with E-state index < -0.39 is 5.56 Å². The molecule has 0 bridgehead atoms. The Morgan fingerprint density at radius 3 is 2.39 bits per heavy atom. The number of H-pyrrole nitrogens is 1. The molecule has 3 rings (SSSR count). The Kier molecular flexibility index (Phi) is 3.34. The molecule has 2 aromatic heterocycles. The Morgan fingerprint density at radius 2 is 1.83 bits per heavy atom. The van der Waals surface area contributed by atoms with Crippen molar-refractivity contribution in [2.24, 2.45) is 0 Å². The van der Waals surface area contributed by atoms with Crippen molar-refractivity contribution in [1.29, 1.82) is 10.5 Å². The van der Waals surface area contributed by atoms with Crippen LogP contribution in [0.1, 0.15) is 11.1 Å². The molecule has 3 aromatic rings. The molecule has 0 aliphatic heterocycles. The lowest BCUT2D eigenvalue weighted by Gasteiger charge is -2.09. The summed E-state index contributed by atoms with van der Waals surface area (Å²) in [5.74, 6) is -0.0631. The van der Waals surface area contributed by atoms with E-state index in [0.717, 1.165) is 5.69 Å². The predicted octanol–water partition coefficient (Wildman–Crippen LogP) is 0.948. The Morgan fingerprint density at radius 1 is 1.13 bits per heavy atom. The molecule has 0 saturated carbocycles. The summed E-state index contributed by atoms with van der Waals surface area (Å²) in [4.78, 5) is 14.2. The quantitative estimate of drug-likeness (QED) is 0.722. The van der Waals surface area contributed by atoms with Crippen LogP contribution in [-0.2, 0) is 0 Å². The molecule has 0 spiro atoms. The second-order valence-electron chi connectivity index (χ2n) is 4.61. The zero-order valence-corrected chi connectivity index (χ0v) is 11.7. The van der Waals surface area contributed by atoms with Gasteiger partial charge in [-0.1, -0.05) is 17.3 Å². The predicted molar refractivity (Wildman–Crippen MR) is 81.3 cm³/mol. The summed E-state index contributed by atoms with van der Waals surface area (Å²) in [7, 11) is 0. The molecule has 2 heterocycles. The molecule has 1 aromatic carbocycles. The summed E-state index contributed by atoms with van der Waals surface area (Å²) in [5, 5.41) is 26.1. The van der Waals surface area contributed by atoms with Gasteiger partial charge in [-0.05, 0) is 17.7 Å². The van der Waals surface area contributed by atoms with Crippen molar-refractivity contribution in [3.05, 3.63) is 58.1 Å². The number of pyridine rings is 1. The molecular formula is C15H9N7O. The van der Waals surface area contributed by atoms with E-state index in [1.54, 1.807) is 41.3 Å². The van der Waals surface area contributed by atoms with Gasteiger partial charge in [-0.15, -0.1) is 5.10 Å². The largest absolute Gasteiger partial charge is 0.384 e. The van der Waals surface area contributed by atoms with Crippen LogP contribution in [0.2, 0.25) is 0 Å². The van der Waals surface area contributed by atoms with Gasteiger partial charge in [0.2, 0.25) is 0 Å². The minimum atomic E-state index is -0.626. The number of benzene rings is 1. The maximum Gasteiger partial charge on any atom is 0.268 e. The SMILES string of the molecule is N#Cc1c(N)[nH]c(=O)c(C#N)c1-c1ccc(-n2ccnn2)cc1. The van der Waals surface area contributed by atoms with Crippen molar-refractivity contribution in [2.45, 2.75) is 0 Å². The summed E-state index contributed by atoms with van der Waals surface area (Å²) in [6, 6.07) is 10.6. The number of rotatable bonds is 2. The Labute approximate surface area is 130 Å². The first-order valence-electron chi connectivity index (χ1n) is 6.48. The molecular weight excluding hydrogens is 294 g/mol. The third-order valence-electron chi connectivity index (χ3n) is 3.31. The smallest absolute Gasteiger partial charge is 0.268 e. The van der Waals surface area contributed by atoms with Crippen LogP contribution in [0.25, 0.3) is 16.8 Å². The van der Waals surface area contributed by atoms with Gasteiger partial charge in [0.1, 0.15) is 29.1 Å². The molecule has 0 aliphatic rings. The molecule has 0 fully saturated rings. The third-order valence-corrected chi connectivity index (χ3v) is 3.31. The van der Waals surface area contributed by atoms with Crippen molar-refractivity contribution < 1.29 is 0 Å². The van der Waals surface area contributed by atoms with E-state index in [4.69, 9.17) is 5.73 Å². The first-order valence-corrected chi connectivity index (χ1v) is 6.48.